The standard InChI is InChI=1S/C20H28N2O/c23-19(17-14-20(17)10-12-21-13-11-20)22-18-9-5-4-8-16(18)15-6-2-1-3-7-15/h1-3,6-7,16-18,21H,4-5,8-14H2,(H,22,23). The third kappa shape index (κ3) is 3.03. The Morgan fingerprint density at radius 3 is 2.61 bits per heavy atom. The van der Waals surface area contributed by atoms with Crippen LogP contribution in [0.2, 0.25) is 0 Å². The molecule has 1 aromatic rings. The van der Waals surface area contributed by atoms with E-state index in [1.54, 1.807) is 0 Å². The van der Waals surface area contributed by atoms with Crippen LogP contribution in [-0.4, -0.2) is 25.0 Å². The molecule has 1 spiro atoms. The summed E-state index contributed by atoms with van der Waals surface area (Å²) in [6.07, 6.45) is 8.33. The predicted molar refractivity (Wildman–Crippen MR) is 92.2 cm³/mol. The van der Waals surface area contributed by atoms with Crippen LogP contribution in [0.1, 0.15) is 56.4 Å². The van der Waals surface area contributed by atoms with Gasteiger partial charge in [-0.25, -0.2) is 0 Å². The van der Waals surface area contributed by atoms with Crippen LogP contribution in [0.3, 0.4) is 0 Å². The van der Waals surface area contributed by atoms with Gasteiger partial charge in [-0.3, -0.25) is 4.79 Å². The summed E-state index contributed by atoms with van der Waals surface area (Å²) in [5.74, 6) is 1.11. The second-order valence-corrected chi connectivity index (χ2v) is 7.79. The first-order valence-electron chi connectivity index (χ1n) is 9.35. The maximum absolute atomic E-state index is 12.8. The molecule has 124 valence electrons. The van der Waals surface area contributed by atoms with Crippen molar-refractivity contribution in [3.8, 4) is 0 Å². The third-order valence-corrected chi connectivity index (χ3v) is 6.43. The average Bonchev–Trinajstić information content (AvgIpc) is 3.30. The van der Waals surface area contributed by atoms with Gasteiger partial charge in [-0.1, -0.05) is 43.2 Å². The Morgan fingerprint density at radius 1 is 1.09 bits per heavy atom. The summed E-state index contributed by atoms with van der Waals surface area (Å²) >= 11 is 0. The van der Waals surface area contributed by atoms with Crippen molar-refractivity contribution < 1.29 is 4.79 Å². The van der Waals surface area contributed by atoms with Crippen molar-refractivity contribution in [2.75, 3.05) is 13.1 Å². The molecule has 4 rings (SSSR count). The molecule has 2 N–H and O–H groups in total. The number of benzene rings is 1. The Morgan fingerprint density at radius 2 is 1.83 bits per heavy atom. The maximum Gasteiger partial charge on any atom is 0.223 e. The van der Waals surface area contributed by atoms with Crippen molar-refractivity contribution in [3.63, 3.8) is 0 Å². The minimum atomic E-state index is 0.281. The van der Waals surface area contributed by atoms with E-state index in [-0.39, 0.29) is 5.92 Å². The quantitative estimate of drug-likeness (QED) is 0.900. The Bertz CT molecular complexity index is 550. The molecular weight excluding hydrogens is 284 g/mol. The monoisotopic (exact) mass is 312 g/mol. The molecule has 3 aliphatic rings. The van der Waals surface area contributed by atoms with Gasteiger partial charge in [-0.15, -0.1) is 0 Å². The lowest BCUT2D eigenvalue weighted by Crippen LogP contribution is -2.43. The van der Waals surface area contributed by atoms with E-state index in [0.29, 0.717) is 23.3 Å². The molecule has 2 aliphatic carbocycles. The number of hydrogen-bond donors (Lipinski definition) is 2. The van der Waals surface area contributed by atoms with Crippen LogP contribution in [0, 0.1) is 11.3 Å². The van der Waals surface area contributed by atoms with Crippen molar-refractivity contribution in [1.29, 1.82) is 0 Å². The van der Waals surface area contributed by atoms with Crippen LogP contribution >= 0.6 is 0 Å². The topological polar surface area (TPSA) is 41.1 Å². The van der Waals surface area contributed by atoms with Gasteiger partial charge in [-0.05, 0) is 56.2 Å². The number of nitrogens with one attached hydrogen (secondary N) is 2. The number of carbonyl (C=O) groups is 1. The lowest BCUT2D eigenvalue weighted by molar-refractivity contribution is -0.124. The van der Waals surface area contributed by atoms with Gasteiger partial charge >= 0.3 is 0 Å². The fourth-order valence-electron chi connectivity index (χ4n) is 4.88. The Labute approximate surface area is 139 Å². The first-order valence-corrected chi connectivity index (χ1v) is 9.35. The molecule has 2 saturated carbocycles. The van der Waals surface area contributed by atoms with Crippen molar-refractivity contribution in [2.24, 2.45) is 11.3 Å². The SMILES string of the molecule is O=C(NC1CCCCC1c1ccccc1)C1CC12CCNCC2. The molecule has 0 bridgehead atoms. The molecule has 23 heavy (non-hydrogen) atoms. The summed E-state index contributed by atoms with van der Waals surface area (Å²) in [5.41, 5.74) is 1.73. The van der Waals surface area contributed by atoms with Gasteiger partial charge in [0.15, 0.2) is 0 Å². The molecular formula is C20H28N2O. The van der Waals surface area contributed by atoms with Crippen LogP contribution in [0.4, 0.5) is 0 Å². The second-order valence-electron chi connectivity index (χ2n) is 7.79. The summed E-state index contributed by atoms with van der Waals surface area (Å²) < 4.78 is 0. The number of amides is 1. The highest BCUT2D eigenvalue weighted by Gasteiger charge is 2.57. The first-order chi connectivity index (χ1) is 11.3. The maximum atomic E-state index is 12.8. The smallest absolute Gasteiger partial charge is 0.223 e. The van der Waals surface area contributed by atoms with Crippen LogP contribution in [0.5, 0.6) is 0 Å². The Kier molecular flexibility index (Phi) is 4.14. The molecule has 3 fully saturated rings. The van der Waals surface area contributed by atoms with E-state index in [4.69, 9.17) is 0 Å². The summed E-state index contributed by atoms with van der Waals surface area (Å²) in [6, 6.07) is 11.1. The molecule has 3 nitrogen and oxygen atoms in total. The first kappa shape index (κ1) is 15.2. The fourth-order valence-corrected chi connectivity index (χ4v) is 4.88. The zero-order valence-corrected chi connectivity index (χ0v) is 13.9. The summed E-state index contributed by atoms with van der Waals surface area (Å²) in [4.78, 5) is 12.8. The van der Waals surface area contributed by atoms with Gasteiger partial charge in [0, 0.05) is 17.9 Å². The van der Waals surface area contributed by atoms with Crippen molar-refractivity contribution in [2.45, 2.75) is 56.9 Å². The molecule has 1 saturated heterocycles. The average molecular weight is 312 g/mol. The van der Waals surface area contributed by atoms with Crippen molar-refractivity contribution >= 4 is 5.91 Å². The number of carbonyl (C=O) groups excluding carboxylic acids is 1. The normalized spacial score (nSPS) is 32.4. The Hall–Kier alpha value is -1.35. The minimum absolute atomic E-state index is 0.281. The molecule has 1 aromatic carbocycles. The highest BCUT2D eigenvalue weighted by Crippen LogP contribution is 2.58. The molecule has 3 unspecified atom stereocenters. The van der Waals surface area contributed by atoms with Crippen LogP contribution in [-0.2, 0) is 4.79 Å². The summed E-state index contributed by atoms with van der Waals surface area (Å²) in [5, 5.41) is 6.86. The summed E-state index contributed by atoms with van der Waals surface area (Å²) in [6.45, 7) is 2.17. The van der Waals surface area contributed by atoms with Crippen molar-refractivity contribution in [3.05, 3.63) is 35.9 Å². The molecule has 1 amide bonds. The second kappa shape index (κ2) is 6.27. The van der Waals surface area contributed by atoms with E-state index < -0.39 is 0 Å². The number of hydrogen-bond acceptors (Lipinski definition) is 2. The van der Waals surface area contributed by atoms with Gasteiger partial charge in [-0.2, -0.15) is 0 Å². The van der Waals surface area contributed by atoms with E-state index in [1.807, 2.05) is 0 Å². The van der Waals surface area contributed by atoms with E-state index in [1.165, 1.54) is 37.7 Å². The predicted octanol–water partition coefficient (Wildman–Crippen LogP) is 3.22. The van der Waals surface area contributed by atoms with Crippen LogP contribution in [0.25, 0.3) is 0 Å². The third-order valence-electron chi connectivity index (χ3n) is 6.43. The highest BCUT2D eigenvalue weighted by atomic mass is 16.2. The van der Waals surface area contributed by atoms with Crippen LogP contribution < -0.4 is 10.6 Å². The van der Waals surface area contributed by atoms with E-state index >= 15 is 0 Å². The van der Waals surface area contributed by atoms with Crippen molar-refractivity contribution in [1.82, 2.24) is 10.6 Å². The zero-order chi connectivity index (χ0) is 15.7. The van der Waals surface area contributed by atoms with Gasteiger partial charge in [0.05, 0.1) is 0 Å². The van der Waals surface area contributed by atoms with Crippen LogP contribution in [0.15, 0.2) is 30.3 Å². The molecule has 0 aromatic heterocycles. The molecule has 0 radical (unpaired) electrons. The number of rotatable bonds is 3. The van der Waals surface area contributed by atoms with E-state index in [9.17, 15) is 4.79 Å². The minimum Gasteiger partial charge on any atom is -0.352 e. The highest BCUT2D eigenvalue weighted by molar-refractivity contribution is 5.83. The van der Waals surface area contributed by atoms with E-state index in [0.717, 1.165) is 25.9 Å². The van der Waals surface area contributed by atoms with Gasteiger partial charge in [0.2, 0.25) is 5.91 Å². The lowest BCUT2D eigenvalue weighted by atomic mass is 9.80. The summed E-state index contributed by atoms with van der Waals surface area (Å²) in [7, 11) is 0. The van der Waals surface area contributed by atoms with Gasteiger partial charge in [0.1, 0.15) is 0 Å². The molecule has 1 aliphatic heterocycles. The largest absolute Gasteiger partial charge is 0.352 e. The fraction of sp³-hybridized carbons (Fsp3) is 0.650. The van der Waals surface area contributed by atoms with Gasteiger partial charge in [0.25, 0.3) is 0 Å². The van der Waals surface area contributed by atoms with E-state index in [2.05, 4.69) is 41.0 Å². The Balaban J connectivity index is 1.41. The van der Waals surface area contributed by atoms with Gasteiger partial charge < -0.3 is 10.6 Å². The molecule has 1 heterocycles. The molecule has 3 atom stereocenters. The number of piperidine rings is 1. The lowest BCUT2D eigenvalue weighted by Gasteiger charge is -2.33. The molecule has 3 heteroatoms. The zero-order valence-electron chi connectivity index (χ0n) is 13.9.